The van der Waals surface area contributed by atoms with Crippen LogP contribution in [0.15, 0.2) is 30.3 Å². The maximum Gasteiger partial charge on any atom is 0.407 e. The second-order valence-electron chi connectivity index (χ2n) is 9.09. The molecular weight excluding hydrogens is 372 g/mol. The minimum Gasteiger partial charge on any atom is -0.490 e. The van der Waals surface area contributed by atoms with Gasteiger partial charge in [0.25, 0.3) is 0 Å². The molecule has 162 valence electrons. The number of rotatable bonds is 7. The summed E-state index contributed by atoms with van der Waals surface area (Å²) in [4.78, 5) is 23.9. The zero-order valence-electron chi connectivity index (χ0n) is 18.1. The van der Waals surface area contributed by atoms with Crippen LogP contribution in [-0.4, -0.2) is 44.6 Å². The summed E-state index contributed by atoms with van der Waals surface area (Å²) in [7, 11) is 1.35. The topological polar surface area (TPSA) is 85.9 Å². The Balaban J connectivity index is 1.84. The highest BCUT2D eigenvalue weighted by atomic mass is 16.6. The smallest absolute Gasteiger partial charge is 0.407 e. The number of carbonyl (C=O) groups excluding carboxylic acids is 2. The highest BCUT2D eigenvalue weighted by molar-refractivity contribution is 5.68. The number of ether oxygens (including phenoxy) is 3. The summed E-state index contributed by atoms with van der Waals surface area (Å²) >= 11 is 0. The molecule has 7 heteroatoms. The number of nitrogens with one attached hydrogen (secondary N) is 2. The second-order valence-corrected chi connectivity index (χ2v) is 9.09. The molecule has 2 amide bonds. The Kier molecular flexibility index (Phi) is 7.76. The van der Waals surface area contributed by atoms with Crippen LogP contribution in [0.25, 0.3) is 0 Å². The number of carbonyl (C=O) groups is 2. The monoisotopic (exact) mass is 406 g/mol. The Hall–Kier alpha value is -2.44. The van der Waals surface area contributed by atoms with Gasteiger partial charge in [0, 0.05) is 12.6 Å². The van der Waals surface area contributed by atoms with Crippen LogP contribution in [0.5, 0.6) is 5.75 Å². The minimum absolute atomic E-state index is 0.0297. The fraction of sp³-hybridized carbons (Fsp3) is 0.636. The van der Waals surface area contributed by atoms with E-state index in [0.717, 1.165) is 25.0 Å². The van der Waals surface area contributed by atoms with Gasteiger partial charge in [0.15, 0.2) is 0 Å². The highest BCUT2D eigenvalue weighted by Crippen LogP contribution is 2.45. The van der Waals surface area contributed by atoms with Gasteiger partial charge in [0.05, 0.1) is 7.11 Å². The van der Waals surface area contributed by atoms with Crippen molar-refractivity contribution in [3.05, 3.63) is 30.3 Å². The van der Waals surface area contributed by atoms with E-state index in [2.05, 4.69) is 36.1 Å². The average molecular weight is 407 g/mol. The molecule has 1 aromatic rings. The number of alkyl carbamates (subject to hydrolysis) is 2. The van der Waals surface area contributed by atoms with Crippen LogP contribution in [0.1, 0.15) is 47.0 Å². The molecule has 0 saturated heterocycles. The lowest BCUT2D eigenvalue weighted by Gasteiger charge is -2.46. The second kappa shape index (κ2) is 9.85. The summed E-state index contributed by atoms with van der Waals surface area (Å²) < 4.78 is 15.8. The molecule has 1 fully saturated rings. The molecule has 0 spiro atoms. The van der Waals surface area contributed by atoms with Crippen molar-refractivity contribution in [1.82, 2.24) is 10.6 Å². The Labute approximate surface area is 173 Å². The van der Waals surface area contributed by atoms with Crippen LogP contribution < -0.4 is 15.4 Å². The molecular formula is C22H34N2O5. The fourth-order valence-corrected chi connectivity index (χ4v) is 4.38. The molecule has 3 unspecified atom stereocenters. The summed E-state index contributed by atoms with van der Waals surface area (Å²) in [6.07, 6.45) is 1.29. The van der Waals surface area contributed by atoms with Gasteiger partial charge >= 0.3 is 12.2 Å². The molecule has 2 N–H and O–H groups in total. The SMILES string of the molecule is COC(=O)NCC1(C)CC(NC(=O)OC(C)COc2ccccc2)CC(C)(C)C1. The maximum absolute atomic E-state index is 12.4. The Morgan fingerprint density at radius 1 is 1.14 bits per heavy atom. The third-order valence-corrected chi connectivity index (χ3v) is 5.15. The number of benzene rings is 1. The van der Waals surface area contributed by atoms with Crippen LogP contribution in [0.3, 0.4) is 0 Å². The van der Waals surface area contributed by atoms with Gasteiger partial charge in [-0.2, -0.15) is 0 Å². The molecule has 1 saturated carbocycles. The highest BCUT2D eigenvalue weighted by Gasteiger charge is 2.42. The van der Waals surface area contributed by atoms with Crippen molar-refractivity contribution in [2.24, 2.45) is 10.8 Å². The van der Waals surface area contributed by atoms with Gasteiger partial charge in [-0.05, 0) is 49.1 Å². The average Bonchev–Trinajstić information content (AvgIpc) is 2.63. The molecule has 29 heavy (non-hydrogen) atoms. The molecule has 7 nitrogen and oxygen atoms in total. The zero-order valence-corrected chi connectivity index (χ0v) is 18.1. The normalized spacial score (nSPS) is 24.1. The van der Waals surface area contributed by atoms with Crippen LogP contribution >= 0.6 is 0 Å². The lowest BCUT2D eigenvalue weighted by molar-refractivity contribution is 0.0485. The molecule has 0 radical (unpaired) electrons. The van der Waals surface area contributed by atoms with Crippen molar-refractivity contribution in [1.29, 1.82) is 0 Å². The van der Waals surface area contributed by atoms with Crippen molar-refractivity contribution in [2.75, 3.05) is 20.3 Å². The molecule has 3 atom stereocenters. The first-order valence-electron chi connectivity index (χ1n) is 10.1. The van der Waals surface area contributed by atoms with Gasteiger partial charge < -0.3 is 24.8 Å². The molecule has 1 aliphatic carbocycles. The summed E-state index contributed by atoms with van der Waals surface area (Å²) in [5.74, 6) is 0.742. The van der Waals surface area contributed by atoms with Crippen molar-refractivity contribution in [3.8, 4) is 5.75 Å². The first kappa shape index (κ1) is 22.8. The molecule has 0 bridgehead atoms. The number of amides is 2. The minimum atomic E-state index is -0.444. The quantitative estimate of drug-likeness (QED) is 0.711. The molecule has 0 heterocycles. The lowest BCUT2D eigenvalue weighted by Crippen LogP contribution is -2.50. The fourth-order valence-electron chi connectivity index (χ4n) is 4.38. The largest absolute Gasteiger partial charge is 0.490 e. The lowest BCUT2D eigenvalue weighted by atomic mass is 9.62. The summed E-state index contributed by atoms with van der Waals surface area (Å²) in [5.41, 5.74) is -0.110. The number of para-hydroxylation sites is 1. The van der Waals surface area contributed by atoms with Crippen LogP contribution in [-0.2, 0) is 9.47 Å². The van der Waals surface area contributed by atoms with E-state index in [1.54, 1.807) is 6.92 Å². The third kappa shape index (κ3) is 7.83. The summed E-state index contributed by atoms with van der Waals surface area (Å²) in [6, 6.07) is 9.40. The molecule has 0 aliphatic heterocycles. The molecule has 0 aromatic heterocycles. The van der Waals surface area contributed by atoms with Gasteiger partial charge in [-0.25, -0.2) is 9.59 Å². The van der Waals surface area contributed by atoms with Crippen molar-refractivity contribution in [2.45, 2.75) is 59.1 Å². The van der Waals surface area contributed by atoms with Gasteiger partial charge in [-0.3, -0.25) is 0 Å². The maximum atomic E-state index is 12.4. The van der Waals surface area contributed by atoms with Crippen LogP contribution in [0.4, 0.5) is 9.59 Å². The van der Waals surface area contributed by atoms with E-state index in [0.29, 0.717) is 6.54 Å². The van der Waals surface area contributed by atoms with E-state index in [9.17, 15) is 9.59 Å². The Bertz CT molecular complexity index is 679. The Morgan fingerprint density at radius 3 is 2.48 bits per heavy atom. The van der Waals surface area contributed by atoms with Gasteiger partial charge in [-0.15, -0.1) is 0 Å². The standard InChI is InChI=1S/C22H34N2O5/c1-16(13-28-18-9-7-6-8-10-18)29-20(26)24-17-11-21(2,3)14-22(4,12-17)15-23-19(25)27-5/h6-10,16-17H,11-15H2,1-5H3,(H,23,25)(H,24,26). The van der Waals surface area contributed by atoms with Gasteiger partial charge in [-0.1, -0.05) is 39.0 Å². The van der Waals surface area contributed by atoms with E-state index in [-0.39, 0.29) is 29.6 Å². The van der Waals surface area contributed by atoms with Crippen molar-refractivity contribution in [3.63, 3.8) is 0 Å². The molecule has 2 rings (SSSR count). The molecule has 1 aromatic carbocycles. The number of hydrogen-bond acceptors (Lipinski definition) is 5. The summed E-state index contributed by atoms with van der Waals surface area (Å²) in [6.45, 7) is 9.07. The van der Waals surface area contributed by atoms with E-state index in [1.165, 1.54) is 7.11 Å². The predicted molar refractivity (Wildman–Crippen MR) is 111 cm³/mol. The van der Waals surface area contributed by atoms with Gasteiger partial charge in [0.1, 0.15) is 18.5 Å². The van der Waals surface area contributed by atoms with E-state index >= 15 is 0 Å². The third-order valence-electron chi connectivity index (χ3n) is 5.15. The van der Waals surface area contributed by atoms with Crippen LogP contribution in [0.2, 0.25) is 0 Å². The molecule has 1 aliphatic rings. The first-order chi connectivity index (χ1) is 13.6. The van der Waals surface area contributed by atoms with E-state index in [4.69, 9.17) is 9.47 Å². The summed E-state index contributed by atoms with van der Waals surface area (Å²) in [5, 5.41) is 5.80. The van der Waals surface area contributed by atoms with E-state index < -0.39 is 12.2 Å². The van der Waals surface area contributed by atoms with Crippen molar-refractivity contribution < 1.29 is 23.8 Å². The van der Waals surface area contributed by atoms with E-state index in [1.807, 2.05) is 30.3 Å². The first-order valence-corrected chi connectivity index (χ1v) is 10.1. The zero-order chi connectivity index (χ0) is 21.5. The number of methoxy groups -OCH3 is 1. The van der Waals surface area contributed by atoms with Gasteiger partial charge in [0.2, 0.25) is 0 Å². The Morgan fingerprint density at radius 2 is 1.83 bits per heavy atom. The van der Waals surface area contributed by atoms with Crippen LogP contribution in [0, 0.1) is 10.8 Å². The predicted octanol–water partition coefficient (Wildman–Crippen LogP) is 4.12. The number of hydrogen-bond donors (Lipinski definition) is 2. The van der Waals surface area contributed by atoms with Crippen molar-refractivity contribution >= 4 is 12.2 Å².